The van der Waals surface area contributed by atoms with Crippen molar-refractivity contribution in [3.8, 4) is 11.3 Å². The van der Waals surface area contributed by atoms with Crippen molar-refractivity contribution in [2.24, 2.45) is 7.05 Å². The van der Waals surface area contributed by atoms with Gasteiger partial charge in [0.05, 0.1) is 5.69 Å². The predicted molar refractivity (Wildman–Crippen MR) is 135 cm³/mol. The number of benzene rings is 2. The van der Waals surface area contributed by atoms with E-state index in [1.165, 1.54) is 12.8 Å². The fourth-order valence-corrected chi connectivity index (χ4v) is 4.09. The van der Waals surface area contributed by atoms with Gasteiger partial charge in [0.25, 0.3) is 5.91 Å². The second-order valence-electron chi connectivity index (χ2n) is 8.45. The first kappa shape index (κ1) is 21.6. The van der Waals surface area contributed by atoms with Crippen LogP contribution in [0.5, 0.6) is 0 Å². The van der Waals surface area contributed by atoms with Crippen LogP contribution in [-0.4, -0.2) is 38.7 Å². The molecule has 0 spiro atoms. The summed E-state index contributed by atoms with van der Waals surface area (Å²) < 4.78 is 1.60. The summed E-state index contributed by atoms with van der Waals surface area (Å²) in [6.07, 6.45) is 2.36. The summed E-state index contributed by atoms with van der Waals surface area (Å²) in [5.41, 5.74) is 4.74. The number of nitrogens with zero attached hydrogens (tertiary/aromatic N) is 5. The van der Waals surface area contributed by atoms with Crippen LogP contribution in [0.4, 0.5) is 23.1 Å². The first-order valence-electron chi connectivity index (χ1n) is 11.4. The zero-order valence-electron chi connectivity index (χ0n) is 19.3. The third-order valence-electron chi connectivity index (χ3n) is 5.83. The fraction of sp³-hybridized carbons (Fsp3) is 0.231. The van der Waals surface area contributed by atoms with Crippen LogP contribution >= 0.6 is 0 Å². The van der Waals surface area contributed by atoms with Gasteiger partial charge in [0.2, 0.25) is 5.95 Å². The molecule has 0 saturated carbocycles. The molecule has 8 heteroatoms. The molecule has 2 aromatic heterocycles. The first-order valence-corrected chi connectivity index (χ1v) is 11.4. The molecule has 3 heterocycles. The number of rotatable bonds is 6. The van der Waals surface area contributed by atoms with E-state index in [1.54, 1.807) is 17.8 Å². The lowest BCUT2D eigenvalue weighted by Gasteiger charge is -2.17. The highest BCUT2D eigenvalue weighted by Crippen LogP contribution is 2.23. The number of amides is 1. The van der Waals surface area contributed by atoms with E-state index >= 15 is 0 Å². The maximum atomic E-state index is 12.8. The predicted octanol–water partition coefficient (Wildman–Crippen LogP) is 4.78. The molecule has 1 saturated heterocycles. The maximum Gasteiger partial charge on any atom is 0.273 e. The Morgan fingerprint density at radius 3 is 2.35 bits per heavy atom. The van der Waals surface area contributed by atoms with Crippen molar-refractivity contribution in [1.29, 1.82) is 0 Å². The normalized spacial score (nSPS) is 13.2. The number of carbonyl (C=O) groups excluding carboxylic acids is 1. The highest BCUT2D eigenvalue weighted by Gasteiger charge is 2.17. The van der Waals surface area contributed by atoms with Crippen LogP contribution in [0.3, 0.4) is 0 Å². The summed E-state index contributed by atoms with van der Waals surface area (Å²) in [4.78, 5) is 24.3. The van der Waals surface area contributed by atoms with Crippen LogP contribution in [0.15, 0.2) is 66.7 Å². The Bertz CT molecular complexity index is 1290. The summed E-state index contributed by atoms with van der Waals surface area (Å²) in [5.74, 6) is 1.32. The molecule has 0 atom stereocenters. The molecule has 0 radical (unpaired) electrons. The second-order valence-corrected chi connectivity index (χ2v) is 8.45. The number of nitrogens with one attached hydrogen (secondary N) is 2. The van der Waals surface area contributed by atoms with Crippen molar-refractivity contribution in [2.45, 2.75) is 19.8 Å². The van der Waals surface area contributed by atoms with Gasteiger partial charge in [0.15, 0.2) is 0 Å². The van der Waals surface area contributed by atoms with Crippen LogP contribution in [0.1, 0.15) is 29.0 Å². The molecule has 4 aromatic rings. The standard InChI is InChI=1S/C26H27N7O/c1-18-16-24(30-26(27-18)33-14-6-7-15-33)28-20-10-12-21(13-11-20)29-25(34)23-17-22(31-32(23)2)19-8-4-3-5-9-19/h3-5,8-13,16-17H,6-7,14-15H2,1-2H3,(H,29,34)(H,27,28,30). The number of hydrogen-bond donors (Lipinski definition) is 2. The van der Waals surface area contributed by atoms with Crippen LogP contribution in [0.2, 0.25) is 0 Å². The zero-order valence-corrected chi connectivity index (χ0v) is 19.3. The van der Waals surface area contributed by atoms with Crippen molar-refractivity contribution < 1.29 is 4.79 Å². The fourth-order valence-electron chi connectivity index (χ4n) is 4.09. The van der Waals surface area contributed by atoms with E-state index in [0.29, 0.717) is 11.4 Å². The van der Waals surface area contributed by atoms with Crippen LogP contribution < -0.4 is 15.5 Å². The Morgan fingerprint density at radius 2 is 1.62 bits per heavy atom. The van der Waals surface area contributed by atoms with E-state index < -0.39 is 0 Å². The van der Waals surface area contributed by atoms with Crippen LogP contribution in [-0.2, 0) is 7.05 Å². The van der Waals surface area contributed by atoms with E-state index in [2.05, 4.69) is 30.6 Å². The molecule has 1 aliphatic heterocycles. The van der Waals surface area contributed by atoms with Crippen molar-refractivity contribution in [3.05, 3.63) is 78.1 Å². The smallest absolute Gasteiger partial charge is 0.273 e. The maximum absolute atomic E-state index is 12.8. The van der Waals surface area contributed by atoms with Crippen molar-refractivity contribution in [3.63, 3.8) is 0 Å². The molecule has 172 valence electrons. The first-order chi connectivity index (χ1) is 16.5. The van der Waals surface area contributed by atoms with E-state index in [1.807, 2.05) is 67.6 Å². The van der Waals surface area contributed by atoms with Gasteiger partial charge >= 0.3 is 0 Å². The van der Waals surface area contributed by atoms with Gasteiger partial charge in [0.1, 0.15) is 11.5 Å². The second kappa shape index (κ2) is 9.35. The van der Waals surface area contributed by atoms with Gasteiger partial charge in [-0.3, -0.25) is 9.48 Å². The van der Waals surface area contributed by atoms with E-state index in [9.17, 15) is 4.79 Å². The number of anilines is 4. The molecule has 1 aliphatic rings. The lowest BCUT2D eigenvalue weighted by molar-refractivity contribution is 0.101. The van der Waals surface area contributed by atoms with Gasteiger partial charge in [-0.2, -0.15) is 10.1 Å². The molecule has 1 fully saturated rings. The molecule has 5 rings (SSSR count). The van der Waals surface area contributed by atoms with Crippen LogP contribution in [0.25, 0.3) is 11.3 Å². The van der Waals surface area contributed by atoms with Crippen molar-refractivity contribution in [1.82, 2.24) is 19.7 Å². The monoisotopic (exact) mass is 453 g/mol. The molecule has 1 amide bonds. The van der Waals surface area contributed by atoms with Crippen LogP contribution in [0, 0.1) is 6.92 Å². The van der Waals surface area contributed by atoms with Gasteiger partial charge in [-0.25, -0.2) is 4.98 Å². The highest BCUT2D eigenvalue weighted by atomic mass is 16.2. The Labute approximate surface area is 198 Å². The number of aromatic nitrogens is 4. The summed E-state index contributed by atoms with van der Waals surface area (Å²) >= 11 is 0. The molecular formula is C26H27N7O. The average molecular weight is 454 g/mol. The molecule has 0 aliphatic carbocycles. The van der Waals surface area contributed by atoms with Gasteiger partial charge in [-0.15, -0.1) is 0 Å². The topological polar surface area (TPSA) is 88.0 Å². The quantitative estimate of drug-likeness (QED) is 0.437. The van der Waals surface area contributed by atoms with E-state index in [-0.39, 0.29) is 5.91 Å². The summed E-state index contributed by atoms with van der Waals surface area (Å²) in [5, 5.41) is 10.8. The van der Waals surface area contributed by atoms with E-state index in [0.717, 1.165) is 47.5 Å². The largest absolute Gasteiger partial charge is 0.341 e. The van der Waals surface area contributed by atoms with E-state index in [4.69, 9.17) is 0 Å². The molecular weight excluding hydrogens is 426 g/mol. The summed E-state index contributed by atoms with van der Waals surface area (Å²) in [6, 6.07) is 21.1. The van der Waals surface area contributed by atoms with Gasteiger partial charge in [-0.05, 0) is 50.1 Å². The number of hydrogen-bond acceptors (Lipinski definition) is 6. The Morgan fingerprint density at radius 1 is 0.912 bits per heavy atom. The number of carbonyl (C=O) groups is 1. The Hall–Kier alpha value is -4.20. The Balaban J connectivity index is 1.26. The van der Waals surface area contributed by atoms with Gasteiger partial charge < -0.3 is 15.5 Å². The molecule has 2 aromatic carbocycles. The lowest BCUT2D eigenvalue weighted by atomic mass is 10.1. The minimum Gasteiger partial charge on any atom is -0.341 e. The zero-order chi connectivity index (χ0) is 23.5. The summed E-state index contributed by atoms with van der Waals surface area (Å²) in [7, 11) is 1.77. The van der Waals surface area contributed by atoms with Gasteiger partial charge in [-0.1, -0.05) is 30.3 Å². The molecule has 2 N–H and O–H groups in total. The lowest BCUT2D eigenvalue weighted by Crippen LogP contribution is -2.21. The minimum atomic E-state index is -0.209. The summed E-state index contributed by atoms with van der Waals surface area (Å²) in [6.45, 7) is 3.98. The molecule has 0 bridgehead atoms. The number of aryl methyl sites for hydroxylation is 2. The molecule has 8 nitrogen and oxygen atoms in total. The SMILES string of the molecule is Cc1cc(Nc2ccc(NC(=O)c3cc(-c4ccccc4)nn3C)cc2)nc(N2CCCC2)n1. The van der Waals surface area contributed by atoms with Crippen molar-refractivity contribution in [2.75, 3.05) is 28.6 Å². The molecule has 0 unspecified atom stereocenters. The Kier molecular flexibility index (Phi) is 5.95. The molecule has 34 heavy (non-hydrogen) atoms. The van der Waals surface area contributed by atoms with Gasteiger partial charge in [0, 0.05) is 48.8 Å². The minimum absolute atomic E-state index is 0.209. The average Bonchev–Trinajstić information content (AvgIpc) is 3.51. The highest BCUT2D eigenvalue weighted by molar-refractivity contribution is 6.03. The van der Waals surface area contributed by atoms with Crippen molar-refractivity contribution >= 4 is 29.0 Å². The third-order valence-corrected chi connectivity index (χ3v) is 5.83. The third kappa shape index (κ3) is 4.76.